The highest BCUT2D eigenvalue weighted by molar-refractivity contribution is 7.92. The van der Waals surface area contributed by atoms with Crippen LogP contribution >= 0.6 is 0 Å². The zero-order valence-corrected chi connectivity index (χ0v) is 13.4. The fourth-order valence-electron chi connectivity index (χ4n) is 2.23. The van der Waals surface area contributed by atoms with Crippen molar-refractivity contribution in [1.29, 1.82) is 5.26 Å². The van der Waals surface area contributed by atoms with E-state index in [4.69, 9.17) is 5.26 Å². The molecule has 0 saturated heterocycles. The van der Waals surface area contributed by atoms with Crippen molar-refractivity contribution >= 4 is 15.7 Å². The lowest BCUT2D eigenvalue weighted by Gasteiger charge is -2.16. The quantitative estimate of drug-likeness (QED) is 0.910. The van der Waals surface area contributed by atoms with Crippen LogP contribution in [-0.2, 0) is 10.0 Å². The van der Waals surface area contributed by atoms with Gasteiger partial charge in [0.1, 0.15) is 11.0 Å². The lowest BCUT2D eigenvalue weighted by molar-refractivity contribution is 0.601. The van der Waals surface area contributed by atoms with Crippen LogP contribution in [0.15, 0.2) is 53.4 Å². The van der Waals surface area contributed by atoms with Gasteiger partial charge >= 0.3 is 0 Å². The van der Waals surface area contributed by atoms with Crippen molar-refractivity contribution in [2.75, 3.05) is 4.72 Å². The van der Waals surface area contributed by atoms with Crippen LogP contribution < -0.4 is 4.72 Å². The first-order valence-corrected chi connectivity index (χ1v) is 8.58. The Morgan fingerprint density at radius 1 is 1.14 bits per heavy atom. The van der Waals surface area contributed by atoms with E-state index in [0.717, 1.165) is 12.0 Å². The molecule has 0 aromatic heterocycles. The van der Waals surface area contributed by atoms with Gasteiger partial charge in [-0.3, -0.25) is 4.72 Å². The summed E-state index contributed by atoms with van der Waals surface area (Å²) in [4.78, 5) is -0.00328. The van der Waals surface area contributed by atoms with E-state index in [1.54, 1.807) is 24.3 Å². The van der Waals surface area contributed by atoms with Gasteiger partial charge in [-0.2, -0.15) is 5.26 Å². The standard InChI is InChI=1S/C17H18N2O2S/c1-3-13(2)15-9-5-6-10-16(15)19-22(20,21)17-11-7-4-8-14(17)12-18/h4-11,13,19H,3H2,1-2H3. The van der Waals surface area contributed by atoms with Crippen LogP contribution in [0.3, 0.4) is 0 Å². The molecule has 0 aliphatic carbocycles. The zero-order chi connectivity index (χ0) is 16.2. The maximum absolute atomic E-state index is 12.6. The number of benzene rings is 2. The van der Waals surface area contributed by atoms with E-state index < -0.39 is 10.0 Å². The number of sulfonamides is 1. The van der Waals surface area contributed by atoms with Gasteiger partial charge in [-0.15, -0.1) is 0 Å². The topological polar surface area (TPSA) is 70.0 Å². The second kappa shape index (κ2) is 6.63. The lowest BCUT2D eigenvalue weighted by Crippen LogP contribution is -2.16. The van der Waals surface area contributed by atoms with Gasteiger partial charge in [-0.05, 0) is 36.1 Å². The summed E-state index contributed by atoms with van der Waals surface area (Å²) in [6.45, 7) is 4.11. The van der Waals surface area contributed by atoms with Crippen molar-refractivity contribution < 1.29 is 8.42 Å². The molecular weight excluding hydrogens is 296 g/mol. The van der Waals surface area contributed by atoms with Crippen LogP contribution in [0.5, 0.6) is 0 Å². The molecule has 5 heteroatoms. The highest BCUT2D eigenvalue weighted by atomic mass is 32.2. The van der Waals surface area contributed by atoms with Gasteiger partial charge in [0.2, 0.25) is 0 Å². The number of nitrogens with one attached hydrogen (secondary N) is 1. The van der Waals surface area contributed by atoms with E-state index in [1.807, 2.05) is 18.2 Å². The third-order valence-corrected chi connectivity index (χ3v) is 5.07. The van der Waals surface area contributed by atoms with Crippen LogP contribution in [0.1, 0.15) is 37.3 Å². The highest BCUT2D eigenvalue weighted by Gasteiger charge is 2.20. The molecule has 0 amide bonds. The van der Waals surface area contributed by atoms with Crippen molar-refractivity contribution in [2.24, 2.45) is 0 Å². The number of hydrogen-bond donors (Lipinski definition) is 1. The molecule has 0 heterocycles. The largest absolute Gasteiger partial charge is 0.279 e. The first-order valence-electron chi connectivity index (χ1n) is 7.10. The molecule has 0 bridgehead atoms. The Kier molecular flexibility index (Phi) is 4.84. The summed E-state index contributed by atoms with van der Waals surface area (Å²) in [5.41, 5.74) is 1.64. The Labute approximate surface area is 131 Å². The van der Waals surface area contributed by atoms with Gasteiger partial charge in [-0.1, -0.05) is 44.2 Å². The molecule has 0 spiro atoms. The summed E-state index contributed by atoms with van der Waals surface area (Å²) in [7, 11) is -3.79. The predicted molar refractivity (Wildman–Crippen MR) is 87.1 cm³/mol. The summed E-state index contributed by atoms with van der Waals surface area (Å²) in [6.07, 6.45) is 0.910. The van der Waals surface area contributed by atoms with Crippen molar-refractivity contribution in [3.8, 4) is 6.07 Å². The molecule has 22 heavy (non-hydrogen) atoms. The monoisotopic (exact) mass is 314 g/mol. The zero-order valence-electron chi connectivity index (χ0n) is 12.6. The van der Waals surface area contributed by atoms with Crippen molar-refractivity contribution in [2.45, 2.75) is 31.1 Å². The van der Waals surface area contributed by atoms with Gasteiger partial charge in [0.15, 0.2) is 0 Å². The number of rotatable bonds is 5. The smallest absolute Gasteiger partial charge is 0.263 e. The first kappa shape index (κ1) is 16.1. The summed E-state index contributed by atoms with van der Waals surface area (Å²) in [5, 5.41) is 9.09. The van der Waals surface area contributed by atoms with E-state index in [0.29, 0.717) is 5.69 Å². The fraction of sp³-hybridized carbons (Fsp3) is 0.235. The summed E-state index contributed by atoms with van der Waals surface area (Å²) in [5.74, 6) is 0.241. The lowest BCUT2D eigenvalue weighted by atomic mass is 9.97. The van der Waals surface area contributed by atoms with Crippen LogP contribution in [0.25, 0.3) is 0 Å². The maximum Gasteiger partial charge on any atom is 0.263 e. The molecule has 114 valence electrons. The van der Waals surface area contributed by atoms with Crippen LogP contribution in [0.4, 0.5) is 5.69 Å². The molecular formula is C17H18N2O2S. The molecule has 0 aliphatic rings. The maximum atomic E-state index is 12.6. The highest BCUT2D eigenvalue weighted by Crippen LogP contribution is 2.28. The number of anilines is 1. The van der Waals surface area contributed by atoms with E-state index in [9.17, 15) is 8.42 Å². The fourth-order valence-corrected chi connectivity index (χ4v) is 3.48. The Morgan fingerprint density at radius 2 is 1.77 bits per heavy atom. The van der Waals surface area contributed by atoms with E-state index >= 15 is 0 Å². The van der Waals surface area contributed by atoms with Crippen LogP contribution in [-0.4, -0.2) is 8.42 Å². The molecule has 0 saturated carbocycles. The average molecular weight is 314 g/mol. The Bertz CT molecular complexity index is 807. The molecule has 1 atom stereocenters. The van der Waals surface area contributed by atoms with Gasteiger partial charge in [0.25, 0.3) is 10.0 Å². The van der Waals surface area contributed by atoms with Crippen LogP contribution in [0, 0.1) is 11.3 Å². The molecule has 2 aromatic carbocycles. The molecule has 2 aromatic rings. The number of para-hydroxylation sites is 1. The Morgan fingerprint density at radius 3 is 2.45 bits per heavy atom. The normalized spacial score (nSPS) is 12.4. The number of hydrogen-bond acceptors (Lipinski definition) is 3. The molecule has 1 unspecified atom stereocenters. The van der Waals surface area contributed by atoms with E-state index in [1.165, 1.54) is 12.1 Å². The Hall–Kier alpha value is -2.32. The SMILES string of the molecule is CCC(C)c1ccccc1NS(=O)(=O)c1ccccc1C#N. The Balaban J connectivity index is 2.45. The minimum atomic E-state index is -3.79. The first-order chi connectivity index (χ1) is 10.5. The number of nitriles is 1. The molecule has 0 fully saturated rings. The third kappa shape index (κ3) is 3.29. The second-order valence-electron chi connectivity index (χ2n) is 5.11. The summed E-state index contributed by atoms with van der Waals surface area (Å²) < 4.78 is 27.8. The van der Waals surface area contributed by atoms with Crippen molar-refractivity contribution in [3.05, 3.63) is 59.7 Å². The minimum absolute atomic E-state index is 0.00328. The summed E-state index contributed by atoms with van der Waals surface area (Å²) >= 11 is 0. The molecule has 2 rings (SSSR count). The van der Waals surface area contributed by atoms with Gasteiger partial charge in [-0.25, -0.2) is 8.42 Å². The molecule has 0 radical (unpaired) electrons. The molecule has 1 N–H and O–H groups in total. The van der Waals surface area contributed by atoms with Gasteiger partial charge in [0.05, 0.1) is 11.3 Å². The van der Waals surface area contributed by atoms with Crippen molar-refractivity contribution in [3.63, 3.8) is 0 Å². The van der Waals surface area contributed by atoms with E-state index in [-0.39, 0.29) is 16.4 Å². The predicted octanol–water partition coefficient (Wildman–Crippen LogP) is 3.87. The summed E-state index contributed by atoms with van der Waals surface area (Å²) in [6, 6.07) is 15.4. The van der Waals surface area contributed by atoms with Gasteiger partial charge in [0, 0.05) is 0 Å². The number of nitrogens with zero attached hydrogens (tertiary/aromatic N) is 1. The van der Waals surface area contributed by atoms with Crippen molar-refractivity contribution in [1.82, 2.24) is 0 Å². The molecule has 4 nitrogen and oxygen atoms in total. The van der Waals surface area contributed by atoms with E-state index in [2.05, 4.69) is 18.6 Å². The average Bonchev–Trinajstić information content (AvgIpc) is 2.54. The van der Waals surface area contributed by atoms with Gasteiger partial charge < -0.3 is 0 Å². The second-order valence-corrected chi connectivity index (χ2v) is 6.76. The molecule has 0 aliphatic heterocycles. The van der Waals surface area contributed by atoms with Crippen LogP contribution in [0.2, 0.25) is 0 Å². The minimum Gasteiger partial charge on any atom is -0.279 e. The third-order valence-electron chi connectivity index (χ3n) is 3.65.